The average Bonchev–Trinajstić information content (AvgIpc) is 2.37. The van der Waals surface area contributed by atoms with Crippen molar-refractivity contribution in [2.24, 2.45) is 0 Å². The normalized spacial score (nSPS) is 31.1. The van der Waals surface area contributed by atoms with Gasteiger partial charge in [0.1, 0.15) is 0 Å². The molecule has 0 saturated carbocycles. The van der Waals surface area contributed by atoms with E-state index in [1.54, 1.807) is 0 Å². The van der Waals surface area contributed by atoms with Crippen LogP contribution in [0.2, 0.25) is 0 Å². The first-order valence-corrected chi connectivity index (χ1v) is 4.73. The highest BCUT2D eigenvalue weighted by molar-refractivity contribution is 4.80. The maximum atomic E-state index is 3.58. The molecule has 0 aromatic rings. The molecule has 0 aromatic heterocycles. The topological polar surface area (TPSA) is 24.1 Å². The first kappa shape index (κ1) is 9.01. The van der Waals surface area contributed by atoms with Crippen molar-refractivity contribution in [1.82, 2.24) is 10.6 Å². The summed E-state index contributed by atoms with van der Waals surface area (Å²) in [4.78, 5) is 0. The lowest BCUT2D eigenvalue weighted by Gasteiger charge is -2.10. The van der Waals surface area contributed by atoms with Crippen molar-refractivity contribution in [3.63, 3.8) is 0 Å². The third-order valence-corrected chi connectivity index (χ3v) is 2.45. The fraction of sp³-hybridized carbons (Fsp3) is 1.00. The minimum Gasteiger partial charge on any atom is -0.320 e. The summed E-state index contributed by atoms with van der Waals surface area (Å²) in [5.41, 5.74) is 0. The molecule has 2 N–H and O–H groups in total. The fourth-order valence-corrected chi connectivity index (χ4v) is 1.77. The Labute approximate surface area is 69.8 Å². The van der Waals surface area contributed by atoms with Crippen LogP contribution in [0.25, 0.3) is 0 Å². The molecule has 2 nitrogen and oxygen atoms in total. The maximum Gasteiger partial charge on any atom is 0.00705 e. The fourth-order valence-electron chi connectivity index (χ4n) is 1.77. The second-order valence-corrected chi connectivity index (χ2v) is 3.59. The van der Waals surface area contributed by atoms with Crippen LogP contribution in [0.3, 0.4) is 0 Å². The van der Waals surface area contributed by atoms with Crippen molar-refractivity contribution < 1.29 is 0 Å². The van der Waals surface area contributed by atoms with E-state index < -0.39 is 0 Å². The number of hydrogen-bond acceptors (Lipinski definition) is 2. The monoisotopic (exact) mass is 156 g/mol. The molecule has 0 bridgehead atoms. The highest BCUT2D eigenvalue weighted by atomic mass is 15.0. The summed E-state index contributed by atoms with van der Waals surface area (Å²) in [7, 11) is 2.02. The van der Waals surface area contributed by atoms with Crippen molar-refractivity contribution in [3.8, 4) is 0 Å². The second-order valence-electron chi connectivity index (χ2n) is 3.59. The summed E-state index contributed by atoms with van der Waals surface area (Å²) < 4.78 is 0. The van der Waals surface area contributed by atoms with E-state index in [1.165, 1.54) is 25.7 Å². The van der Waals surface area contributed by atoms with Gasteiger partial charge in [-0.05, 0) is 46.2 Å². The van der Waals surface area contributed by atoms with Gasteiger partial charge in [0.2, 0.25) is 0 Å². The van der Waals surface area contributed by atoms with E-state index >= 15 is 0 Å². The first-order chi connectivity index (χ1) is 5.33. The van der Waals surface area contributed by atoms with Crippen LogP contribution >= 0.6 is 0 Å². The Bertz CT molecular complexity index is 104. The quantitative estimate of drug-likeness (QED) is 0.596. The van der Waals surface area contributed by atoms with Gasteiger partial charge in [-0.2, -0.15) is 0 Å². The minimum atomic E-state index is 0.759. The van der Waals surface area contributed by atoms with Crippen molar-refractivity contribution in [3.05, 3.63) is 0 Å². The van der Waals surface area contributed by atoms with E-state index in [0.29, 0.717) is 0 Å². The average molecular weight is 156 g/mol. The molecule has 1 rings (SSSR count). The summed E-state index contributed by atoms with van der Waals surface area (Å²) in [6, 6.07) is 1.56. The zero-order valence-corrected chi connectivity index (χ0v) is 7.69. The van der Waals surface area contributed by atoms with Crippen molar-refractivity contribution in [1.29, 1.82) is 0 Å². The van der Waals surface area contributed by atoms with Gasteiger partial charge in [-0.3, -0.25) is 0 Å². The van der Waals surface area contributed by atoms with Gasteiger partial charge >= 0.3 is 0 Å². The molecule has 0 spiro atoms. The number of nitrogens with one attached hydrogen (secondary N) is 2. The van der Waals surface area contributed by atoms with E-state index in [2.05, 4.69) is 17.6 Å². The molecule has 0 aromatic carbocycles. The zero-order valence-electron chi connectivity index (χ0n) is 7.69. The second kappa shape index (κ2) is 4.73. The summed E-state index contributed by atoms with van der Waals surface area (Å²) >= 11 is 0. The van der Waals surface area contributed by atoms with Gasteiger partial charge in [0.05, 0.1) is 0 Å². The Morgan fingerprint density at radius 1 is 1.45 bits per heavy atom. The Morgan fingerprint density at radius 3 is 2.82 bits per heavy atom. The Balaban J connectivity index is 1.99. The largest absolute Gasteiger partial charge is 0.320 e. The van der Waals surface area contributed by atoms with Gasteiger partial charge in [0.15, 0.2) is 0 Å². The lowest BCUT2D eigenvalue weighted by molar-refractivity contribution is 0.504. The van der Waals surface area contributed by atoms with Crippen LogP contribution in [0.1, 0.15) is 32.6 Å². The summed E-state index contributed by atoms with van der Waals surface area (Å²) in [6.07, 6.45) is 5.39. The van der Waals surface area contributed by atoms with Crippen LogP contribution in [0, 0.1) is 0 Å². The third kappa shape index (κ3) is 3.21. The van der Waals surface area contributed by atoms with E-state index in [0.717, 1.165) is 18.6 Å². The molecule has 2 atom stereocenters. The van der Waals surface area contributed by atoms with Crippen LogP contribution in [0.5, 0.6) is 0 Å². The molecule has 11 heavy (non-hydrogen) atoms. The molecule has 2 unspecified atom stereocenters. The summed E-state index contributed by atoms with van der Waals surface area (Å²) in [6.45, 7) is 3.44. The molecule has 1 fully saturated rings. The molecule has 1 aliphatic rings. The van der Waals surface area contributed by atoms with Gasteiger partial charge in [0.25, 0.3) is 0 Å². The lowest BCUT2D eigenvalue weighted by Crippen LogP contribution is -2.27. The van der Waals surface area contributed by atoms with E-state index in [9.17, 15) is 0 Å². The van der Waals surface area contributed by atoms with Crippen molar-refractivity contribution in [2.75, 3.05) is 13.6 Å². The molecular formula is C9H20N2. The summed E-state index contributed by atoms with van der Waals surface area (Å²) in [5.74, 6) is 0. The molecule has 66 valence electrons. The number of rotatable bonds is 4. The maximum absolute atomic E-state index is 3.58. The van der Waals surface area contributed by atoms with Gasteiger partial charge < -0.3 is 10.6 Å². The molecule has 2 heteroatoms. The molecule has 1 aliphatic heterocycles. The smallest absolute Gasteiger partial charge is 0.00705 e. The molecule has 1 saturated heterocycles. The highest BCUT2D eigenvalue weighted by Crippen LogP contribution is 2.15. The van der Waals surface area contributed by atoms with E-state index in [1.807, 2.05) is 7.05 Å². The van der Waals surface area contributed by atoms with Crippen LogP contribution in [0.4, 0.5) is 0 Å². The predicted octanol–water partition coefficient (Wildman–Crippen LogP) is 1.13. The third-order valence-electron chi connectivity index (χ3n) is 2.45. The molecule has 0 radical (unpaired) electrons. The standard InChI is InChI=1S/C9H20N2/c1-8-5-6-9(11-8)4-3-7-10-2/h8-11H,3-7H2,1-2H3. The van der Waals surface area contributed by atoms with Gasteiger partial charge in [-0.25, -0.2) is 0 Å². The predicted molar refractivity (Wildman–Crippen MR) is 48.8 cm³/mol. The van der Waals surface area contributed by atoms with Crippen LogP contribution < -0.4 is 10.6 Å². The SMILES string of the molecule is CNCCCC1CCC(C)N1. The highest BCUT2D eigenvalue weighted by Gasteiger charge is 2.18. The molecule has 0 amide bonds. The summed E-state index contributed by atoms with van der Waals surface area (Å²) in [5, 5.41) is 6.76. The Kier molecular flexibility index (Phi) is 3.87. The van der Waals surface area contributed by atoms with Gasteiger partial charge in [-0.1, -0.05) is 0 Å². The minimum absolute atomic E-state index is 0.759. The molecule has 0 aliphatic carbocycles. The first-order valence-electron chi connectivity index (χ1n) is 4.73. The lowest BCUT2D eigenvalue weighted by atomic mass is 10.1. The van der Waals surface area contributed by atoms with Crippen molar-refractivity contribution >= 4 is 0 Å². The van der Waals surface area contributed by atoms with Crippen molar-refractivity contribution in [2.45, 2.75) is 44.7 Å². The van der Waals surface area contributed by atoms with Crippen LogP contribution in [0.15, 0.2) is 0 Å². The zero-order chi connectivity index (χ0) is 8.10. The van der Waals surface area contributed by atoms with Gasteiger partial charge in [0, 0.05) is 12.1 Å². The Hall–Kier alpha value is -0.0800. The van der Waals surface area contributed by atoms with Crippen LogP contribution in [-0.2, 0) is 0 Å². The van der Waals surface area contributed by atoms with E-state index in [4.69, 9.17) is 0 Å². The molecule has 1 heterocycles. The van der Waals surface area contributed by atoms with Gasteiger partial charge in [-0.15, -0.1) is 0 Å². The number of hydrogen-bond donors (Lipinski definition) is 2. The van der Waals surface area contributed by atoms with Crippen LogP contribution in [-0.4, -0.2) is 25.7 Å². The molecular weight excluding hydrogens is 136 g/mol. The van der Waals surface area contributed by atoms with E-state index in [-0.39, 0.29) is 0 Å². The Morgan fingerprint density at radius 2 is 2.27 bits per heavy atom.